The summed E-state index contributed by atoms with van der Waals surface area (Å²) >= 11 is 0. The Hall–Kier alpha value is -3.42. The molecule has 0 spiro atoms. The fourth-order valence-corrected chi connectivity index (χ4v) is 2.65. The van der Waals surface area contributed by atoms with E-state index < -0.39 is 23.4 Å². The van der Waals surface area contributed by atoms with Crippen molar-refractivity contribution in [1.82, 2.24) is 9.97 Å². The number of hydrogen-bond donors (Lipinski definition) is 2. The molecule has 144 valence electrons. The number of aromatic nitrogens is 2. The first-order valence-corrected chi connectivity index (χ1v) is 8.53. The molecule has 0 aliphatic heterocycles. The molecule has 0 radical (unpaired) electrons. The predicted octanol–water partition coefficient (Wildman–Crippen LogP) is 4.76. The van der Waals surface area contributed by atoms with Gasteiger partial charge in [-0.05, 0) is 36.6 Å². The zero-order valence-corrected chi connectivity index (χ0v) is 15.2. The van der Waals surface area contributed by atoms with E-state index in [-0.39, 0.29) is 17.2 Å². The molecule has 0 bridgehead atoms. The summed E-state index contributed by atoms with van der Waals surface area (Å²) in [6.07, 6.45) is 3.17. The van der Waals surface area contributed by atoms with Crippen LogP contribution in [0.15, 0.2) is 42.7 Å². The van der Waals surface area contributed by atoms with Gasteiger partial charge in [-0.25, -0.2) is 23.1 Å². The summed E-state index contributed by atoms with van der Waals surface area (Å²) in [5, 5.41) is 5.32. The second-order valence-electron chi connectivity index (χ2n) is 6.05. The molecule has 0 aliphatic carbocycles. The molecule has 5 nitrogen and oxygen atoms in total. The molecule has 3 aromatic rings. The van der Waals surface area contributed by atoms with Gasteiger partial charge in [0.25, 0.3) is 5.91 Å². The molecule has 2 N–H and O–H groups in total. The number of hydrogen-bond acceptors (Lipinski definition) is 4. The molecule has 1 amide bonds. The number of nitrogens with zero attached hydrogens (tertiary/aromatic N) is 2. The molecular weight excluding hydrogens is 369 g/mol. The Kier molecular flexibility index (Phi) is 5.58. The van der Waals surface area contributed by atoms with E-state index in [1.807, 2.05) is 32.0 Å². The first-order chi connectivity index (χ1) is 13.4. The van der Waals surface area contributed by atoms with E-state index in [2.05, 4.69) is 20.6 Å². The molecule has 0 saturated heterocycles. The highest BCUT2D eigenvalue weighted by molar-refractivity contribution is 6.03. The van der Waals surface area contributed by atoms with Crippen LogP contribution in [0.5, 0.6) is 0 Å². The van der Waals surface area contributed by atoms with Crippen LogP contribution in [0.1, 0.15) is 28.5 Å². The first-order valence-electron chi connectivity index (χ1n) is 8.53. The molecule has 0 fully saturated rings. The monoisotopic (exact) mass is 386 g/mol. The zero-order valence-electron chi connectivity index (χ0n) is 15.2. The fraction of sp³-hybridized carbons (Fsp3) is 0.150. The lowest BCUT2D eigenvalue weighted by atomic mass is 10.1. The highest BCUT2D eigenvalue weighted by Crippen LogP contribution is 2.23. The smallest absolute Gasteiger partial charge is 0.275 e. The largest absolute Gasteiger partial charge is 0.336 e. The molecule has 0 unspecified atom stereocenters. The maximum atomic E-state index is 13.7. The van der Waals surface area contributed by atoms with Crippen LogP contribution in [0.25, 0.3) is 0 Å². The van der Waals surface area contributed by atoms with Crippen LogP contribution in [0.3, 0.4) is 0 Å². The minimum atomic E-state index is -1.58. The van der Waals surface area contributed by atoms with Gasteiger partial charge in [-0.15, -0.1) is 0 Å². The third kappa shape index (κ3) is 3.95. The molecule has 1 heterocycles. The van der Waals surface area contributed by atoms with Gasteiger partial charge in [0.2, 0.25) is 0 Å². The predicted molar refractivity (Wildman–Crippen MR) is 100 cm³/mol. The Morgan fingerprint density at radius 3 is 2.50 bits per heavy atom. The second kappa shape index (κ2) is 8.08. The number of para-hydroxylation sites is 1. The van der Waals surface area contributed by atoms with Crippen LogP contribution in [0, 0.1) is 24.4 Å². The SMILES string of the molecule is CCc1cccc(C)c1NC(=O)c1cnc(Nc2ccc(F)c(F)c2F)cn1. The maximum Gasteiger partial charge on any atom is 0.275 e. The van der Waals surface area contributed by atoms with Crippen LogP contribution < -0.4 is 10.6 Å². The number of carbonyl (C=O) groups excluding carboxylic acids is 1. The summed E-state index contributed by atoms with van der Waals surface area (Å²) in [6.45, 7) is 3.88. The van der Waals surface area contributed by atoms with Crippen molar-refractivity contribution in [2.75, 3.05) is 10.6 Å². The van der Waals surface area contributed by atoms with Crippen molar-refractivity contribution >= 4 is 23.1 Å². The summed E-state index contributed by atoms with van der Waals surface area (Å²) in [7, 11) is 0. The zero-order chi connectivity index (χ0) is 20.3. The van der Waals surface area contributed by atoms with Gasteiger partial charge in [0.15, 0.2) is 17.5 Å². The summed E-state index contributed by atoms with van der Waals surface area (Å²) in [6, 6.07) is 7.58. The van der Waals surface area contributed by atoms with E-state index >= 15 is 0 Å². The Bertz CT molecular complexity index is 1020. The normalized spacial score (nSPS) is 10.6. The number of rotatable bonds is 5. The number of carbonyl (C=O) groups is 1. The topological polar surface area (TPSA) is 66.9 Å². The number of halogens is 3. The number of amides is 1. The van der Waals surface area contributed by atoms with Gasteiger partial charge in [0.1, 0.15) is 11.5 Å². The van der Waals surface area contributed by atoms with Crippen molar-refractivity contribution in [3.63, 3.8) is 0 Å². The number of aryl methyl sites for hydroxylation is 2. The lowest BCUT2D eigenvalue weighted by molar-refractivity contribution is 0.102. The van der Waals surface area contributed by atoms with Gasteiger partial charge >= 0.3 is 0 Å². The van der Waals surface area contributed by atoms with Gasteiger partial charge < -0.3 is 10.6 Å². The van der Waals surface area contributed by atoms with E-state index in [4.69, 9.17) is 0 Å². The molecule has 2 aromatic carbocycles. The van der Waals surface area contributed by atoms with Crippen molar-refractivity contribution in [2.45, 2.75) is 20.3 Å². The minimum absolute atomic E-state index is 0.0571. The molecule has 0 aliphatic rings. The van der Waals surface area contributed by atoms with Gasteiger partial charge in [-0.2, -0.15) is 0 Å². The van der Waals surface area contributed by atoms with E-state index in [1.54, 1.807) is 0 Å². The lowest BCUT2D eigenvalue weighted by Gasteiger charge is -2.13. The van der Waals surface area contributed by atoms with Gasteiger partial charge in [0.05, 0.1) is 18.1 Å². The molecule has 28 heavy (non-hydrogen) atoms. The molecule has 3 rings (SSSR count). The van der Waals surface area contributed by atoms with E-state index in [1.165, 1.54) is 12.4 Å². The average Bonchev–Trinajstić information content (AvgIpc) is 2.70. The first kappa shape index (κ1) is 19.3. The highest BCUT2D eigenvalue weighted by Gasteiger charge is 2.15. The number of nitrogens with one attached hydrogen (secondary N) is 2. The van der Waals surface area contributed by atoms with Gasteiger partial charge in [-0.3, -0.25) is 4.79 Å². The average molecular weight is 386 g/mol. The Morgan fingerprint density at radius 2 is 1.82 bits per heavy atom. The minimum Gasteiger partial charge on any atom is -0.336 e. The molecule has 0 atom stereocenters. The Balaban J connectivity index is 1.76. The fourth-order valence-electron chi connectivity index (χ4n) is 2.65. The van der Waals surface area contributed by atoms with Crippen LogP contribution in [-0.2, 0) is 6.42 Å². The third-order valence-electron chi connectivity index (χ3n) is 4.16. The lowest BCUT2D eigenvalue weighted by Crippen LogP contribution is -2.16. The van der Waals surface area contributed by atoms with Crippen LogP contribution >= 0.6 is 0 Å². The molecular formula is C20H17F3N4O. The summed E-state index contributed by atoms with van der Waals surface area (Å²) in [5.41, 5.74) is 2.41. The maximum absolute atomic E-state index is 13.7. The van der Waals surface area contributed by atoms with Crippen molar-refractivity contribution in [2.24, 2.45) is 0 Å². The van der Waals surface area contributed by atoms with Crippen molar-refractivity contribution in [1.29, 1.82) is 0 Å². The standard InChI is InChI=1S/C20H17F3N4O/c1-3-12-6-4-5-11(2)19(12)27-20(28)15-9-25-16(10-24-15)26-14-8-7-13(21)17(22)18(14)23/h4-10H,3H2,1-2H3,(H,25,26)(H,27,28). The molecule has 0 saturated carbocycles. The van der Waals surface area contributed by atoms with Crippen molar-refractivity contribution in [3.05, 3.63) is 77.0 Å². The Morgan fingerprint density at radius 1 is 1.04 bits per heavy atom. The highest BCUT2D eigenvalue weighted by atomic mass is 19.2. The van der Waals surface area contributed by atoms with E-state index in [0.717, 1.165) is 35.4 Å². The second-order valence-corrected chi connectivity index (χ2v) is 6.05. The van der Waals surface area contributed by atoms with Crippen LogP contribution in [-0.4, -0.2) is 15.9 Å². The summed E-state index contributed by atoms with van der Waals surface area (Å²) in [5.74, 6) is -4.60. The van der Waals surface area contributed by atoms with Crippen LogP contribution in [0.4, 0.5) is 30.4 Å². The molecule has 8 heteroatoms. The third-order valence-corrected chi connectivity index (χ3v) is 4.16. The van der Waals surface area contributed by atoms with E-state index in [0.29, 0.717) is 0 Å². The summed E-state index contributed by atoms with van der Waals surface area (Å²) in [4.78, 5) is 20.4. The number of benzene rings is 2. The van der Waals surface area contributed by atoms with Crippen molar-refractivity contribution < 1.29 is 18.0 Å². The van der Waals surface area contributed by atoms with E-state index in [9.17, 15) is 18.0 Å². The molecule has 1 aromatic heterocycles. The van der Waals surface area contributed by atoms with Crippen molar-refractivity contribution in [3.8, 4) is 0 Å². The Labute approximate surface area is 159 Å². The van der Waals surface area contributed by atoms with Gasteiger partial charge in [-0.1, -0.05) is 25.1 Å². The quantitative estimate of drug-likeness (QED) is 0.621. The summed E-state index contributed by atoms with van der Waals surface area (Å²) < 4.78 is 40.0. The number of anilines is 3. The van der Waals surface area contributed by atoms with Crippen LogP contribution in [0.2, 0.25) is 0 Å². The van der Waals surface area contributed by atoms with Gasteiger partial charge in [0, 0.05) is 5.69 Å².